The molecule has 0 fully saturated rings. The minimum Gasteiger partial charge on any atom is -0.278 e. The number of nitrogens with zero attached hydrogens (tertiary/aromatic N) is 2. The average molecular weight is 251 g/mol. The SMILES string of the molecule is CC(C)(C)c1ccccc1C(=CC#N)c1ccn[nH]1. The van der Waals surface area contributed by atoms with Crippen molar-refractivity contribution in [3.63, 3.8) is 0 Å². The van der Waals surface area contributed by atoms with Gasteiger partial charge in [0.05, 0.1) is 11.8 Å². The summed E-state index contributed by atoms with van der Waals surface area (Å²) in [6.07, 6.45) is 3.26. The number of nitriles is 1. The molecule has 0 atom stereocenters. The van der Waals surface area contributed by atoms with E-state index in [9.17, 15) is 0 Å². The maximum atomic E-state index is 9.03. The van der Waals surface area contributed by atoms with Crippen molar-refractivity contribution in [1.29, 1.82) is 5.26 Å². The van der Waals surface area contributed by atoms with Crippen LogP contribution in [-0.4, -0.2) is 10.2 Å². The van der Waals surface area contributed by atoms with Gasteiger partial charge in [0.2, 0.25) is 0 Å². The van der Waals surface area contributed by atoms with Crippen LogP contribution < -0.4 is 0 Å². The summed E-state index contributed by atoms with van der Waals surface area (Å²) >= 11 is 0. The van der Waals surface area contributed by atoms with Gasteiger partial charge < -0.3 is 0 Å². The molecule has 1 aromatic heterocycles. The van der Waals surface area contributed by atoms with Gasteiger partial charge in [-0.15, -0.1) is 0 Å². The zero-order valence-electron chi connectivity index (χ0n) is 11.4. The fourth-order valence-corrected chi connectivity index (χ4v) is 2.14. The fraction of sp³-hybridized carbons (Fsp3) is 0.250. The normalized spacial score (nSPS) is 12.2. The lowest BCUT2D eigenvalue weighted by atomic mass is 9.81. The zero-order chi connectivity index (χ0) is 13.9. The molecule has 0 spiro atoms. The highest BCUT2D eigenvalue weighted by atomic mass is 15.1. The summed E-state index contributed by atoms with van der Waals surface area (Å²) < 4.78 is 0. The molecule has 1 aromatic carbocycles. The molecule has 2 rings (SSSR count). The topological polar surface area (TPSA) is 52.5 Å². The van der Waals surface area contributed by atoms with Gasteiger partial charge in [0, 0.05) is 17.8 Å². The molecule has 2 aromatic rings. The van der Waals surface area contributed by atoms with Crippen LogP contribution in [0, 0.1) is 11.3 Å². The molecule has 0 aliphatic rings. The van der Waals surface area contributed by atoms with Crippen LogP contribution in [0.2, 0.25) is 0 Å². The second-order valence-electron chi connectivity index (χ2n) is 5.45. The molecule has 3 heteroatoms. The first kappa shape index (κ1) is 13.1. The van der Waals surface area contributed by atoms with Gasteiger partial charge in [0.25, 0.3) is 0 Å². The summed E-state index contributed by atoms with van der Waals surface area (Å²) in [5, 5.41) is 15.9. The highest BCUT2D eigenvalue weighted by molar-refractivity contribution is 5.81. The maximum absolute atomic E-state index is 9.03. The van der Waals surface area contributed by atoms with Crippen LogP contribution in [0.1, 0.15) is 37.6 Å². The third kappa shape index (κ3) is 2.74. The summed E-state index contributed by atoms with van der Waals surface area (Å²) in [5.74, 6) is 0. The molecule has 0 saturated heterocycles. The fourth-order valence-electron chi connectivity index (χ4n) is 2.14. The molecule has 3 nitrogen and oxygen atoms in total. The number of rotatable bonds is 2. The van der Waals surface area contributed by atoms with E-state index in [4.69, 9.17) is 5.26 Å². The number of benzene rings is 1. The molecule has 0 unspecified atom stereocenters. The number of aromatic amines is 1. The summed E-state index contributed by atoms with van der Waals surface area (Å²) in [4.78, 5) is 0. The first-order valence-corrected chi connectivity index (χ1v) is 6.23. The van der Waals surface area contributed by atoms with Crippen molar-refractivity contribution in [3.05, 3.63) is 59.4 Å². The summed E-state index contributed by atoms with van der Waals surface area (Å²) in [5.41, 5.74) is 4.04. The van der Waals surface area contributed by atoms with E-state index in [1.165, 1.54) is 5.56 Å². The summed E-state index contributed by atoms with van der Waals surface area (Å²) in [7, 11) is 0. The third-order valence-corrected chi connectivity index (χ3v) is 3.03. The molecule has 0 radical (unpaired) electrons. The molecular formula is C16H17N3. The molecule has 96 valence electrons. The predicted molar refractivity (Wildman–Crippen MR) is 76.4 cm³/mol. The first-order valence-electron chi connectivity index (χ1n) is 6.23. The molecule has 0 aliphatic carbocycles. The largest absolute Gasteiger partial charge is 0.278 e. The summed E-state index contributed by atoms with van der Waals surface area (Å²) in [6.45, 7) is 6.51. The van der Waals surface area contributed by atoms with Gasteiger partial charge in [-0.05, 0) is 22.6 Å². The van der Waals surface area contributed by atoms with E-state index in [2.05, 4.69) is 43.1 Å². The van der Waals surface area contributed by atoms with E-state index in [0.29, 0.717) is 0 Å². The molecule has 1 N–H and O–H groups in total. The van der Waals surface area contributed by atoms with Gasteiger partial charge in [0.1, 0.15) is 0 Å². The van der Waals surface area contributed by atoms with Crippen LogP contribution >= 0.6 is 0 Å². The maximum Gasteiger partial charge on any atom is 0.0919 e. The van der Waals surface area contributed by atoms with Crippen molar-refractivity contribution in [2.75, 3.05) is 0 Å². The van der Waals surface area contributed by atoms with Crippen LogP contribution in [0.4, 0.5) is 0 Å². The quantitative estimate of drug-likeness (QED) is 0.828. The van der Waals surface area contributed by atoms with Crippen molar-refractivity contribution < 1.29 is 0 Å². The van der Waals surface area contributed by atoms with Gasteiger partial charge >= 0.3 is 0 Å². The van der Waals surface area contributed by atoms with Crippen molar-refractivity contribution in [3.8, 4) is 6.07 Å². The van der Waals surface area contributed by atoms with E-state index in [1.807, 2.05) is 24.3 Å². The molecule has 0 aliphatic heterocycles. The van der Waals surface area contributed by atoms with Crippen molar-refractivity contribution in [1.82, 2.24) is 10.2 Å². The third-order valence-electron chi connectivity index (χ3n) is 3.03. The number of nitrogens with one attached hydrogen (secondary N) is 1. The number of aromatic nitrogens is 2. The van der Waals surface area contributed by atoms with Crippen molar-refractivity contribution in [2.24, 2.45) is 0 Å². The smallest absolute Gasteiger partial charge is 0.0919 e. The zero-order valence-corrected chi connectivity index (χ0v) is 11.4. The molecule has 0 saturated carbocycles. The van der Waals surface area contributed by atoms with Gasteiger partial charge in [-0.25, -0.2) is 0 Å². The van der Waals surface area contributed by atoms with Gasteiger partial charge in [-0.1, -0.05) is 45.0 Å². The standard InChI is InChI=1S/C16H17N3/c1-16(2,3)14-7-5-4-6-12(14)13(8-10-17)15-9-11-18-19-15/h4-9,11H,1-3H3,(H,18,19). The summed E-state index contributed by atoms with van der Waals surface area (Å²) in [6, 6.07) is 12.2. The predicted octanol–water partition coefficient (Wildman–Crippen LogP) is 3.66. The number of H-pyrrole nitrogens is 1. The minimum atomic E-state index is 0.0190. The second-order valence-corrected chi connectivity index (χ2v) is 5.45. The Labute approximate surface area is 113 Å². The highest BCUT2D eigenvalue weighted by Crippen LogP contribution is 2.32. The van der Waals surface area contributed by atoms with Crippen LogP contribution in [0.5, 0.6) is 0 Å². The average Bonchev–Trinajstić information content (AvgIpc) is 2.88. The van der Waals surface area contributed by atoms with Crippen LogP contribution in [0.25, 0.3) is 5.57 Å². The van der Waals surface area contributed by atoms with E-state index in [-0.39, 0.29) is 5.41 Å². The van der Waals surface area contributed by atoms with E-state index in [0.717, 1.165) is 16.8 Å². The Morgan fingerprint density at radius 1 is 1.26 bits per heavy atom. The first-order chi connectivity index (χ1) is 9.04. The Balaban J connectivity index is 2.63. The van der Waals surface area contributed by atoms with E-state index in [1.54, 1.807) is 12.3 Å². The lowest BCUT2D eigenvalue weighted by Crippen LogP contribution is -2.14. The Kier molecular flexibility index (Phi) is 3.52. The van der Waals surface area contributed by atoms with Gasteiger partial charge in [0.15, 0.2) is 0 Å². The molecule has 0 bridgehead atoms. The van der Waals surface area contributed by atoms with Crippen LogP contribution in [0.15, 0.2) is 42.6 Å². The lowest BCUT2D eigenvalue weighted by molar-refractivity contribution is 0.588. The van der Waals surface area contributed by atoms with Gasteiger partial charge in [-0.3, -0.25) is 5.10 Å². The highest BCUT2D eigenvalue weighted by Gasteiger charge is 2.20. The Morgan fingerprint density at radius 3 is 2.58 bits per heavy atom. The monoisotopic (exact) mass is 251 g/mol. The van der Waals surface area contributed by atoms with Gasteiger partial charge in [-0.2, -0.15) is 10.4 Å². The molecule has 1 heterocycles. The Morgan fingerprint density at radius 2 is 2.00 bits per heavy atom. The number of hydrogen-bond donors (Lipinski definition) is 1. The van der Waals surface area contributed by atoms with Crippen LogP contribution in [0.3, 0.4) is 0 Å². The van der Waals surface area contributed by atoms with E-state index < -0.39 is 0 Å². The number of hydrogen-bond acceptors (Lipinski definition) is 2. The minimum absolute atomic E-state index is 0.0190. The second kappa shape index (κ2) is 5.11. The molecule has 19 heavy (non-hydrogen) atoms. The lowest BCUT2D eigenvalue weighted by Gasteiger charge is -2.23. The van der Waals surface area contributed by atoms with Crippen LogP contribution in [-0.2, 0) is 5.41 Å². The molecule has 0 amide bonds. The van der Waals surface area contributed by atoms with Crippen molar-refractivity contribution in [2.45, 2.75) is 26.2 Å². The van der Waals surface area contributed by atoms with E-state index >= 15 is 0 Å². The van der Waals surface area contributed by atoms with Crippen molar-refractivity contribution >= 4 is 5.57 Å². The number of allylic oxidation sites excluding steroid dienone is 1. The Hall–Kier alpha value is -2.34. The molecular weight excluding hydrogens is 234 g/mol. The Bertz CT molecular complexity index is 623.